The maximum atomic E-state index is 10.4. The average Bonchev–Trinajstić information content (AvgIpc) is 3.08. The standard InChI is InChI=1S/C20H19Cl2NO2/c1-13(20(24)14-5-3-2-4-6-14)23-12-16-8-10-19(25-16)17-9-7-15(21)11-18(17)22/h2-11,13,20,23-24H,12H2,1H3/t13-,20+/m1/s1. The van der Waals surface area contributed by atoms with E-state index in [1.165, 1.54) is 0 Å². The number of aliphatic hydroxyl groups is 1. The van der Waals surface area contributed by atoms with Crippen LogP contribution in [-0.2, 0) is 6.54 Å². The van der Waals surface area contributed by atoms with E-state index in [0.29, 0.717) is 22.4 Å². The number of aliphatic hydroxyl groups excluding tert-OH is 1. The zero-order valence-electron chi connectivity index (χ0n) is 13.7. The van der Waals surface area contributed by atoms with Crippen molar-refractivity contribution in [2.24, 2.45) is 0 Å². The van der Waals surface area contributed by atoms with Gasteiger partial charge in [0, 0.05) is 16.6 Å². The molecule has 2 aromatic carbocycles. The molecule has 3 rings (SSSR count). The summed E-state index contributed by atoms with van der Waals surface area (Å²) in [5.41, 5.74) is 1.69. The van der Waals surface area contributed by atoms with Gasteiger partial charge in [-0.15, -0.1) is 0 Å². The van der Waals surface area contributed by atoms with Gasteiger partial charge < -0.3 is 14.8 Å². The van der Waals surface area contributed by atoms with Crippen LogP contribution in [0.4, 0.5) is 0 Å². The zero-order chi connectivity index (χ0) is 17.8. The van der Waals surface area contributed by atoms with Gasteiger partial charge in [-0.2, -0.15) is 0 Å². The molecule has 0 saturated heterocycles. The highest BCUT2D eigenvalue weighted by Crippen LogP contribution is 2.31. The molecule has 0 radical (unpaired) electrons. The molecular formula is C20H19Cl2NO2. The number of nitrogens with one attached hydrogen (secondary N) is 1. The third kappa shape index (κ3) is 4.44. The minimum absolute atomic E-state index is 0.116. The van der Waals surface area contributed by atoms with Gasteiger partial charge in [0.05, 0.1) is 17.7 Å². The maximum absolute atomic E-state index is 10.4. The number of rotatable bonds is 6. The van der Waals surface area contributed by atoms with Gasteiger partial charge in [-0.05, 0) is 42.8 Å². The average molecular weight is 376 g/mol. The Morgan fingerprint density at radius 2 is 1.80 bits per heavy atom. The second kappa shape index (κ2) is 8.07. The molecule has 0 spiro atoms. The quantitative estimate of drug-likeness (QED) is 0.600. The summed E-state index contributed by atoms with van der Waals surface area (Å²) in [5.74, 6) is 1.46. The summed E-state index contributed by atoms with van der Waals surface area (Å²) >= 11 is 12.1. The summed E-state index contributed by atoms with van der Waals surface area (Å²) < 4.78 is 5.85. The van der Waals surface area contributed by atoms with Crippen LogP contribution in [0.5, 0.6) is 0 Å². The highest BCUT2D eigenvalue weighted by atomic mass is 35.5. The predicted molar refractivity (Wildman–Crippen MR) is 102 cm³/mol. The van der Waals surface area contributed by atoms with Crippen molar-refractivity contribution in [1.29, 1.82) is 0 Å². The number of furan rings is 1. The molecule has 1 heterocycles. The van der Waals surface area contributed by atoms with E-state index in [2.05, 4.69) is 5.32 Å². The summed E-state index contributed by atoms with van der Waals surface area (Å²) in [6.07, 6.45) is -0.582. The van der Waals surface area contributed by atoms with Crippen LogP contribution in [0, 0.1) is 0 Å². The molecule has 0 unspecified atom stereocenters. The van der Waals surface area contributed by atoms with Crippen LogP contribution in [0.25, 0.3) is 11.3 Å². The van der Waals surface area contributed by atoms with Crippen molar-refractivity contribution < 1.29 is 9.52 Å². The molecule has 0 fully saturated rings. The van der Waals surface area contributed by atoms with Crippen molar-refractivity contribution in [3.8, 4) is 11.3 Å². The van der Waals surface area contributed by atoms with Crippen LogP contribution < -0.4 is 5.32 Å². The minimum atomic E-state index is -0.582. The normalized spacial score (nSPS) is 13.6. The Kier molecular flexibility index (Phi) is 5.82. The van der Waals surface area contributed by atoms with Crippen LogP contribution in [0.2, 0.25) is 10.0 Å². The van der Waals surface area contributed by atoms with E-state index in [1.807, 2.05) is 55.5 Å². The molecule has 3 aromatic rings. The fourth-order valence-corrected chi connectivity index (χ4v) is 3.12. The molecule has 0 saturated carbocycles. The van der Waals surface area contributed by atoms with Crippen molar-refractivity contribution in [2.45, 2.75) is 25.6 Å². The Bertz CT molecular complexity index is 833. The Morgan fingerprint density at radius 1 is 1.04 bits per heavy atom. The summed E-state index contributed by atoms with van der Waals surface area (Å²) in [4.78, 5) is 0. The molecular weight excluding hydrogens is 357 g/mol. The molecule has 5 heteroatoms. The van der Waals surface area contributed by atoms with E-state index in [1.54, 1.807) is 12.1 Å². The van der Waals surface area contributed by atoms with Crippen molar-refractivity contribution in [3.63, 3.8) is 0 Å². The first-order valence-electron chi connectivity index (χ1n) is 8.05. The smallest absolute Gasteiger partial charge is 0.135 e. The van der Waals surface area contributed by atoms with Crippen molar-refractivity contribution >= 4 is 23.2 Å². The van der Waals surface area contributed by atoms with Crippen molar-refractivity contribution in [1.82, 2.24) is 5.32 Å². The van der Waals surface area contributed by atoms with Gasteiger partial charge in [-0.25, -0.2) is 0 Å². The Balaban J connectivity index is 1.64. The van der Waals surface area contributed by atoms with Gasteiger partial charge in [0.25, 0.3) is 0 Å². The summed E-state index contributed by atoms with van der Waals surface area (Å²) in [6.45, 7) is 2.45. The summed E-state index contributed by atoms with van der Waals surface area (Å²) in [6, 6.07) is 18.6. The highest BCUT2D eigenvalue weighted by Gasteiger charge is 2.16. The van der Waals surface area contributed by atoms with Gasteiger partial charge >= 0.3 is 0 Å². The maximum Gasteiger partial charge on any atom is 0.135 e. The lowest BCUT2D eigenvalue weighted by Gasteiger charge is -2.20. The van der Waals surface area contributed by atoms with E-state index in [9.17, 15) is 5.11 Å². The Morgan fingerprint density at radius 3 is 2.52 bits per heavy atom. The van der Waals surface area contributed by atoms with Gasteiger partial charge in [-0.1, -0.05) is 53.5 Å². The monoisotopic (exact) mass is 375 g/mol. The molecule has 0 aliphatic rings. The molecule has 130 valence electrons. The van der Waals surface area contributed by atoms with E-state index in [-0.39, 0.29) is 6.04 Å². The van der Waals surface area contributed by atoms with E-state index < -0.39 is 6.10 Å². The van der Waals surface area contributed by atoms with Gasteiger partial charge in [-0.3, -0.25) is 0 Å². The van der Waals surface area contributed by atoms with Crippen LogP contribution >= 0.6 is 23.2 Å². The number of hydrogen-bond acceptors (Lipinski definition) is 3. The van der Waals surface area contributed by atoms with E-state index in [4.69, 9.17) is 27.6 Å². The molecule has 1 aromatic heterocycles. The molecule has 0 aliphatic carbocycles. The second-order valence-corrected chi connectivity index (χ2v) is 6.76. The molecule has 2 atom stereocenters. The summed E-state index contributed by atoms with van der Waals surface area (Å²) in [5, 5.41) is 14.8. The van der Waals surface area contributed by atoms with Crippen LogP contribution in [0.15, 0.2) is 65.1 Å². The largest absolute Gasteiger partial charge is 0.460 e. The van der Waals surface area contributed by atoms with E-state index >= 15 is 0 Å². The first kappa shape index (κ1) is 18.0. The van der Waals surface area contributed by atoms with Crippen LogP contribution in [0.3, 0.4) is 0 Å². The highest BCUT2D eigenvalue weighted by molar-refractivity contribution is 6.36. The van der Waals surface area contributed by atoms with Gasteiger partial charge in [0.2, 0.25) is 0 Å². The van der Waals surface area contributed by atoms with Crippen LogP contribution in [0.1, 0.15) is 24.4 Å². The second-order valence-electron chi connectivity index (χ2n) is 5.92. The molecule has 0 aliphatic heterocycles. The third-order valence-electron chi connectivity index (χ3n) is 4.07. The van der Waals surface area contributed by atoms with Crippen LogP contribution in [-0.4, -0.2) is 11.1 Å². The first-order valence-corrected chi connectivity index (χ1v) is 8.80. The molecule has 0 amide bonds. The molecule has 2 N–H and O–H groups in total. The Labute approximate surface area is 157 Å². The lowest BCUT2D eigenvalue weighted by Crippen LogP contribution is -2.31. The number of benzene rings is 2. The SMILES string of the molecule is C[C@@H](NCc1ccc(-c2ccc(Cl)cc2Cl)o1)[C@H](O)c1ccccc1. The molecule has 0 bridgehead atoms. The topological polar surface area (TPSA) is 45.4 Å². The third-order valence-corrected chi connectivity index (χ3v) is 4.62. The van der Waals surface area contributed by atoms with Gasteiger partial charge in [0.1, 0.15) is 11.5 Å². The van der Waals surface area contributed by atoms with E-state index in [0.717, 1.165) is 16.9 Å². The lowest BCUT2D eigenvalue weighted by molar-refractivity contribution is 0.134. The minimum Gasteiger partial charge on any atom is -0.460 e. The molecule has 25 heavy (non-hydrogen) atoms. The first-order chi connectivity index (χ1) is 12.0. The number of halogens is 2. The fourth-order valence-electron chi connectivity index (χ4n) is 2.62. The van der Waals surface area contributed by atoms with Gasteiger partial charge in [0.15, 0.2) is 0 Å². The fraction of sp³-hybridized carbons (Fsp3) is 0.200. The summed E-state index contributed by atoms with van der Waals surface area (Å²) in [7, 11) is 0. The zero-order valence-corrected chi connectivity index (χ0v) is 15.3. The Hall–Kier alpha value is -1.78. The number of hydrogen-bond donors (Lipinski definition) is 2. The molecule has 3 nitrogen and oxygen atoms in total. The van der Waals surface area contributed by atoms with Crippen molar-refractivity contribution in [2.75, 3.05) is 0 Å². The van der Waals surface area contributed by atoms with Crippen molar-refractivity contribution in [3.05, 3.63) is 82.0 Å². The predicted octanol–water partition coefficient (Wildman–Crippen LogP) is 5.47. The lowest BCUT2D eigenvalue weighted by atomic mass is 10.0.